The quantitative estimate of drug-likeness (QED) is 0.857. The molecule has 0 bridgehead atoms. The van der Waals surface area contributed by atoms with Gasteiger partial charge in [-0.3, -0.25) is 0 Å². The molecular formula is C19H22ClFN2. The van der Waals surface area contributed by atoms with Crippen LogP contribution in [-0.2, 0) is 0 Å². The maximum absolute atomic E-state index is 13.0. The molecule has 23 heavy (non-hydrogen) atoms. The van der Waals surface area contributed by atoms with Crippen molar-refractivity contribution in [2.45, 2.75) is 19.4 Å². The van der Waals surface area contributed by atoms with Crippen molar-refractivity contribution in [1.82, 2.24) is 5.32 Å². The van der Waals surface area contributed by atoms with Crippen LogP contribution in [0, 0.1) is 11.7 Å². The highest BCUT2D eigenvalue weighted by atomic mass is 35.5. The van der Waals surface area contributed by atoms with Crippen molar-refractivity contribution in [3.05, 3.63) is 64.9 Å². The van der Waals surface area contributed by atoms with E-state index in [1.54, 1.807) is 0 Å². The van der Waals surface area contributed by atoms with Crippen molar-refractivity contribution in [2.75, 3.05) is 24.5 Å². The summed E-state index contributed by atoms with van der Waals surface area (Å²) in [5, 5.41) is 4.38. The topological polar surface area (TPSA) is 15.3 Å². The number of rotatable bonds is 5. The molecule has 0 spiro atoms. The van der Waals surface area contributed by atoms with Gasteiger partial charge in [0.2, 0.25) is 0 Å². The second kappa shape index (κ2) is 7.33. The molecule has 0 aliphatic carbocycles. The van der Waals surface area contributed by atoms with Gasteiger partial charge >= 0.3 is 0 Å². The largest absolute Gasteiger partial charge is 0.371 e. The molecule has 1 saturated heterocycles. The fourth-order valence-electron chi connectivity index (χ4n) is 3.12. The Labute approximate surface area is 142 Å². The molecule has 1 N–H and O–H groups in total. The monoisotopic (exact) mass is 332 g/mol. The first-order chi connectivity index (χ1) is 11.1. The van der Waals surface area contributed by atoms with Crippen molar-refractivity contribution in [3.8, 4) is 0 Å². The van der Waals surface area contributed by atoms with Gasteiger partial charge < -0.3 is 10.2 Å². The number of halogens is 2. The second-order valence-electron chi connectivity index (χ2n) is 6.26. The Kier molecular flexibility index (Phi) is 5.19. The van der Waals surface area contributed by atoms with E-state index < -0.39 is 0 Å². The molecule has 0 radical (unpaired) electrons. The third-order valence-electron chi connectivity index (χ3n) is 4.54. The average Bonchev–Trinajstić information content (AvgIpc) is 3.02. The molecule has 4 heteroatoms. The average molecular weight is 333 g/mol. The van der Waals surface area contributed by atoms with E-state index in [9.17, 15) is 4.39 Å². The van der Waals surface area contributed by atoms with E-state index in [-0.39, 0.29) is 11.9 Å². The molecule has 1 aliphatic rings. The van der Waals surface area contributed by atoms with E-state index in [1.807, 2.05) is 30.3 Å². The molecule has 0 amide bonds. The van der Waals surface area contributed by atoms with Crippen molar-refractivity contribution in [1.29, 1.82) is 0 Å². The van der Waals surface area contributed by atoms with Crippen LogP contribution >= 0.6 is 11.6 Å². The van der Waals surface area contributed by atoms with Crippen LogP contribution in [-0.4, -0.2) is 19.6 Å². The number of benzene rings is 2. The van der Waals surface area contributed by atoms with Gasteiger partial charge in [0.05, 0.1) is 0 Å². The molecule has 2 aromatic carbocycles. The fourth-order valence-corrected chi connectivity index (χ4v) is 3.32. The Morgan fingerprint density at radius 3 is 2.78 bits per heavy atom. The predicted molar refractivity (Wildman–Crippen MR) is 94.6 cm³/mol. The maximum Gasteiger partial charge on any atom is 0.123 e. The maximum atomic E-state index is 13.0. The molecule has 0 aromatic heterocycles. The van der Waals surface area contributed by atoms with E-state index in [2.05, 4.69) is 23.2 Å². The molecular weight excluding hydrogens is 311 g/mol. The van der Waals surface area contributed by atoms with Crippen LogP contribution in [0.25, 0.3) is 0 Å². The number of anilines is 1. The number of hydrogen-bond donors (Lipinski definition) is 1. The van der Waals surface area contributed by atoms with Crippen LogP contribution in [0.5, 0.6) is 0 Å². The molecule has 2 aromatic rings. The van der Waals surface area contributed by atoms with E-state index in [0.717, 1.165) is 36.8 Å². The van der Waals surface area contributed by atoms with Gasteiger partial charge in [-0.25, -0.2) is 4.39 Å². The summed E-state index contributed by atoms with van der Waals surface area (Å²) in [5.74, 6) is 0.434. The molecule has 0 saturated carbocycles. The summed E-state index contributed by atoms with van der Waals surface area (Å²) in [5.41, 5.74) is 2.32. The van der Waals surface area contributed by atoms with E-state index in [0.29, 0.717) is 5.92 Å². The summed E-state index contributed by atoms with van der Waals surface area (Å²) >= 11 is 6.05. The van der Waals surface area contributed by atoms with Gasteiger partial charge in [0, 0.05) is 36.4 Å². The molecule has 1 unspecified atom stereocenters. The Hall–Kier alpha value is -1.58. The van der Waals surface area contributed by atoms with Crippen LogP contribution in [0.4, 0.5) is 10.1 Å². The molecule has 1 fully saturated rings. The number of nitrogens with one attached hydrogen (secondary N) is 1. The van der Waals surface area contributed by atoms with Crippen LogP contribution in [0.1, 0.15) is 24.9 Å². The standard InChI is InChI=1S/C19H22ClFN2/c1-14(16-3-2-4-17(20)11-16)22-12-15-9-10-23(13-15)19-7-5-18(21)6-8-19/h2-8,11,14-15,22H,9-10,12-13H2,1H3/t14-,15?/m1/s1. The zero-order valence-corrected chi connectivity index (χ0v) is 14.1. The second-order valence-corrected chi connectivity index (χ2v) is 6.70. The first kappa shape index (κ1) is 16.3. The van der Waals surface area contributed by atoms with Gasteiger partial charge in [-0.2, -0.15) is 0 Å². The van der Waals surface area contributed by atoms with E-state index >= 15 is 0 Å². The molecule has 3 rings (SSSR count). The normalized spacial score (nSPS) is 19.1. The smallest absolute Gasteiger partial charge is 0.123 e. The van der Waals surface area contributed by atoms with Gasteiger partial charge in [-0.15, -0.1) is 0 Å². The molecule has 1 aliphatic heterocycles. The molecule has 1 heterocycles. The highest BCUT2D eigenvalue weighted by Gasteiger charge is 2.23. The lowest BCUT2D eigenvalue weighted by atomic mass is 10.1. The van der Waals surface area contributed by atoms with Gasteiger partial charge in [-0.05, 0) is 61.2 Å². The summed E-state index contributed by atoms with van der Waals surface area (Å²) in [7, 11) is 0. The SMILES string of the molecule is C[C@@H](NCC1CCN(c2ccc(F)cc2)C1)c1cccc(Cl)c1. The lowest BCUT2D eigenvalue weighted by molar-refractivity contribution is 0.472. The minimum absolute atomic E-state index is 0.179. The predicted octanol–water partition coefficient (Wildman–Crippen LogP) is 4.66. The fraction of sp³-hybridized carbons (Fsp3) is 0.368. The Balaban J connectivity index is 1.51. The highest BCUT2D eigenvalue weighted by molar-refractivity contribution is 6.30. The van der Waals surface area contributed by atoms with Crippen molar-refractivity contribution in [2.24, 2.45) is 5.92 Å². The van der Waals surface area contributed by atoms with Crippen LogP contribution in [0.2, 0.25) is 5.02 Å². The lowest BCUT2D eigenvalue weighted by Gasteiger charge is -2.20. The molecule has 2 nitrogen and oxygen atoms in total. The molecule has 2 atom stereocenters. The molecule has 122 valence electrons. The third-order valence-corrected chi connectivity index (χ3v) is 4.77. The first-order valence-corrected chi connectivity index (χ1v) is 8.49. The van der Waals surface area contributed by atoms with Crippen LogP contribution in [0.3, 0.4) is 0 Å². The Bertz CT molecular complexity index is 644. The summed E-state index contributed by atoms with van der Waals surface area (Å²) in [6.07, 6.45) is 1.16. The van der Waals surface area contributed by atoms with E-state index in [4.69, 9.17) is 11.6 Å². The van der Waals surface area contributed by atoms with Gasteiger partial charge in [-0.1, -0.05) is 23.7 Å². The van der Waals surface area contributed by atoms with Crippen LogP contribution in [0.15, 0.2) is 48.5 Å². The minimum Gasteiger partial charge on any atom is -0.371 e. The third kappa shape index (κ3) is 4.24. The van der Waals surface area contributed by atoms with Crippen molar-refractivity contribution in [3.63, 3.8) is 0 Å². The van der Waals surface area contributed by atoms with Crippen LogP contribution < -0.4 is 10.2 Å². The zero-order valence-electron chi connectivity index (χ0n) is 13.3. The number of nitrogens with zero attached hydrogens (tertiary/aromatic N) is 1. The van der Waals surface area contributed by atoms with E-state index in [1.165, 1.54) is 17.7 Å². The van der Waals surface area contributed by atoms with Gasteiger partial charge in [0.1, 0.15) is 5.82 Å². The van der Waals surface area contributed by atoms with Gasteiger partial charge in [0.25, 0.3) is 0 Å². The van der Waals surface area contributed by atoms with Gasteiger partial charge in [0.15, 0.2) is 0 Å². The Morgan fingerprint density at radius 1 is 1.26 bits per heavy atom. The summed E-state index contributed by atoms with van der Waals surface area (Å²) < 4.78 is 13.0. The van der Waals surface area contributed by atoms with Crippen molar-refractivity contribution >= 4 is 17.3 Å². The zero-order chi connectivity index (χ0) is 16.2. The Morgan fingerprint density at radius 2 is 2.04 bits per heavy atom. The highest BCUT2D eigenvalue weighted by Crippen LogP contribution is 2.24. The summed E-state index contributed by atoms with van der Waals surface area (Å²) in [4.78, 5) is 2.33. The minimum atomic E-state index is -0.179. The lowest BCUT2D eigenvalue weighted by Crippen LogP contribution is -2.28. The first-order valence-electron chi connectivity index (χ1n) is 8.11. The number of hydrogen-bond acceptors (Lipinski definition) is 2. The summed E-state index contributed by atoms with van der Waals surface area (Å²) in [6.45, 7) is 5.19. The summed E-state index contributed by atoms with van der Waals surface area (Å²) in [6, 6.07) is 15.1. The van der Waals surface area contributed by atoms with Crippen molar-refractivity contribution < 1.29 is 4.39 Å².